The number of rotatable bonds is 3. The first kappa shape index (κ1) is 14.1. The van der Waals surface area contributed by atoms with Gasteiger partial charge in [-0.2, -0.15) is 4.98 Å². The fraction of sp³-hybridized carbons (Fsp3) is 0.250. The van der Waals surface area contributed by atoms with Crippen LogP contribution < -0.4 is 0 Å². The smallest absolute Gasteiger partial charge is 0.233 e. The third kappa shape index (κ3) is 2.43. The van der Waals surface area contributed by atoms with Gasteiger partial charge in [0.25, 0.3) is 0 Å². The second kappa shape index (κ2) is 5.58. The van der Waals surface area contributed by atoms with E-state index in [9.17, 15) is 4.79 Å². The van der Waals surface area contributed by atoms with Crippen LogP contribution in [0, 0.1) is 0 Å². The van der Waals surface area contributed by atoms with E-state index in [0.717, 1.165) is 10.4 Å². The van der Waals surface area contributed by atoms with Crippen LogP contribution in [0.1, 0.15) is 29.1 Å². The third-order valence-corrected chi connectivity index (χ3v) is 5.04. The fourth-order valence-electron chi connectivity index (χ4n) is 2.94. The molecule has 3 aromatic rings. The summed E-state index contributed by atoms with van der Waals surface area (Å²) in [5.74, 6) is 0.971. The quantitative estimate of drug-likeness (QED) is 0.740. The molecule has 116 valence electrons. The first-order valence-corrected chi connectivity index (χ1v) is 8.15. The van der Waals surface area contributed by atoms with Crippen molar-refractivity contribution in [3.8, 4) is 11.4 Å². The second-order valence-corrected chi connectivity index (χ2v) is 6.45. The Morgan fingerprint density at radius 1 is 1.35 bits per heavy atom. The molecule has 1 saturated heterocycles. The first-order chi connectivity index (χ1) is 11.2. The molecule has 1 amide bonds. The number of likely N-dealkylation sites (tertiary alicyclic amines) is 1. The van der Waals surface area contributed by atoms with Crippen molar-refractivity contribution in [2.24, 2.45) is 0 Å². The molecular formula is C16H14N4O2S. The van der Waals surface area contributed by atoms with E-state index in [0.29, 0.717) is 18.1 Å². The average Bonchev–Trinajstić information content (AvgIpc) is 3.30. The summed E-state index contributed by atoms with van der Waals surface area (Å²) in [5, 5.41) is 6.06. The number of hydrogen-bond donors (Lipinski definition) is 0. The van der Waals surface area contributed by atoms with Gasteiger partial charge in [-0.3, -0.25) is 9.78 Å². The normalized spacial score (nSPS) is 21.1. The van der Waals surface area contributed by atoms with Crippen molar-refractivity contribution in [3.63, 3.8) is 0 Å². The maximum absolute atomic E-state index is 12.2. The summed E-state index contributed by atoms with van der Waals surface area (Å²) in [6, 6.07) is 7.68. The van der Waals surface area contributed by atoms with Crippen LogP contribution in [0.3, 0.4) is 0 Å². The molecule has 6 nitrogen and oxygen atoms in total. The largest absolute Gasteiger partial charge is 0.339 e. The van der Waals surface area contributed by atoms with Gasteiger partial charge in [-0.1, -0.05) is 11.2 Å². The number of hydrogen-bond acceptors (Lipinski definition) is 6. The van der Waals surface area contributed by atoms with E-state index in [4.69, 9.17) is 4.52 Å². The zero-order chi connectivity index (χ0) is 15.8. The number of thiophene rings is 1. The van der Waals surface area contributed by atoms with Crippen LogP contribution in [0.15, 0.2) is 46.6 Å². The Bertz CT molecular complexity index is 816. The van der Waals surface area contributed by atoms with Crippen molar-refractivity contribution in [2.45, 2.75) is 18.4 Å². The highest BCUT2D eigenvalue weighted by molar-refractivity contribution is 7.10. The molecule has 0 radical (unpaired) electrons. The van der Waals surface area contributed by atoms with Gasteiger partial charge in [0.05, 0.1) is 12.0 Å². The predicted octanol–water partition coefficient (Wildman–Crippen LogP) is 2.88. The van der Waals surface area contributed by atoms with Crippen LogP contribution in [-0.4, -0.2) is 33.0 Å². The summed E-state index contributed by atoms with van der Waals surface area (Å²) >= 11 is 1.63. The Labute approximate surface area is 136 Å². The summed E-state index contributed by atoms with van der Waals surface area (Å²) in [6.45, 7) is 0. The SMILES string of the molecule is CN1C(=O)C[C@H](c2nc(-c3cccnc3)no2)[C@H]1c1cccs1. The van der Waals surface area contributed by atoms with Crippen molar-refractivity contribution >= 4 is 17.2 Å². The van der Waals surface area contributed by atoms with E-state index < -0.39 is 0 Å². The van der Waals surface area contributed by atoms with E-state index in [2.05, 4.69) is 15.1 Å². The number of pyridine rings is 1. The summed E-state index contributed by atoms with van der Waals surface area (Å²) in [4.78, 5) is 23.6. The lowest BCUT2D eigenvalue weighted by atomic mass is 9.99. The molecule has 1 aliphatic rings. The third-order valence-electron chi connectivity index (χ3n) is 4.10. The highest BCUT2D eigenvalue weighted by Crippen LogP contribution is 2.44. The van der Waals surface area contributed by atoms with Crippen molar-refractivity contribution < 1.29 is 9.32 Å². The Hall–Kier alpha value is -2.54. The number of carbonyl (C=O) groups is 1. The first-order valence-electron chi connectivity index (χ1n) is 7.27. The average molecular weight is 326 g/mol. The van der Waals surface area contributed by atoms with Gasteiger partial charge in [0.15, 0.2) is 0 Å². The topological polar surface area (TPSA) is 72.1 Å². The monoisotopic (exact) mass is 326 g/mol. The maximum Gasteiger partial charge on any atom is 0.233 e. The number of carbonyl (C=O) groups excluding carboxylic acids is 1. The number of nitrogens with zero attached hydrogens (tertiary/aromatic N) is 4. The summed E-state index contributed by atoms with van der Waals surface area (Å²) in [7, 11) is 1.82. The minimum absolute atomic E-state index is 0.0512. The van der Waals surface area contributed by atoms with E-state index in [1.165, 1.54) is 0 Å². The van der Waals surface area contributed by atoms with Crippen LogP contribution in [-0.2, 0) is 4.79 Å². The molecule has 0 aromatic carbocycles. The van der Waals surface area contributed by atoms with Gasteiger partial charge in [0, 0.05) is 36.3 Å². The standard InChI is InChI=1S/C16H14N4O2S/c1-20-13(21)8-11(14(20)12-5-3-7-23-12)16-18-15(19-22-16)10-4-2-6-17-9-10/h2-7,9,11,14H,8H2,1H3/t11-,14-/m0/s1. The van der Waals surface area contributed by atoms with Crippen LogP contribution in [0.25, 0.3) is 11.4 Å². The summed E-state index contributed by atoms with van der Waals surface area (Å²) < 4.78 is 5.46. The van der Waals surface area contributed by atoms with E-state index in [1.807, 2.05) is 36.7 Å². The van der Waals surface area contributed by atoms with E-state index in [1.54, 1.807) is 28.6 Å². The molecule has 2 atom stereocenters. The fourth-order valence-corrected chi connectivity index (χ4v) is 3.87. The molecule has 3 aromatic heterocycles. The van der Waals surface area contributed by atoms with Crippen LogP contribution in [0.2, 0.25) is 0 Å². The van der Waals surface area contributed by atoms with Gasteiger partial charge in [-0.25, -0.2) is 0 Å². The zero-order valence-corrected chi connectivity index (χ0v) is 13.2. The van der Waals surface area contributed by atoms with Crippen molar-refractivity contribution in [1.29, 1.82) is 0 Å². The van der Waals surface area contributed by atoms with Crippen molar-refractivity contribution in [3.05, 3.63) is 52.8 Å². The molecule has 0 bridgehead atoms. The van der Waals surface area contributed by atoms with Gasteiger partial charge in [0.1, 0.15) is 0 Å². The molecule has 0 unspecified atom stereocenters. The van der Waals surface area contributed by atoms with Gasteiger partial charge >= 0.3 is 0 Å². The molecule has 0 spiro atoms. The summed E-state index contributed by atoms with van der Waals surface area (Å²) in [6.07, 6.45) is 3.77. The predicted molar refractivity (Wildman–Crippen MR) is 84.7 cm³/mol. The Balaban J connectivity index is 1.69. The zero-order valence-electron chi connectivity index (χ0n) is 12.4. The Morgan fingerprint density at radius 2 is 2.26 bits per heavy atom. The lowest BCUT2D eigenvalue weighted by molar-refractivity contribution is -0.127. The second-order valence-electron chi connectivity index (χ2n) is 5.47. The maximum atomic E-state index is 12.2. The van der Waals surface area contributed by atoms with Crippen LogP contribution >= 0.6 is 11.3 Å². The van der Waals surface area contributed by atoms with Gasteiger partial charge in [0.2, 0.25) is 17.6 Å². The Kier molecular flexibility index (Phi) is 3.42. The molecule has 4 rings (SSSR count). The van der Waals surface area contributed by atoms with Gasteiger partial charge in [-0.05, 0) is 23.6 Å². The molecule has 0 aliphatic carbocycles. The Morgan fingerprint density at radius 3 is 3.00 bits per heavy atom. The number of likely N-dealkylation sites (N-methyl/N-ethyl adjacent to an activating group) is 1. The lowest BCUT2D eigenvalue weighted by Crippen LogP contribution is -2.23. The van der Waals surface area contributed by atoms with E-state index in [-0.39, 0.29) is 17.9 Å². The minimum Gasteiger partial charge on any atom is -0.339 e. The summed E-state index contributed by atoms with van der Waals surface area (Å²) in [5.41, 5.74) is 0.799. The van der Waals surface area contributed by atoms with Crippen molar-refractivity contribution in [1.82, 2.24) is 20.0 Å². The highest BCUT2D eigenvalue weighted by atomic mass is 32.1. The molecule has 4 heterocycles. The van der Waals surface area contributed by atoms with Gasteiger partial charge in [-0.15, -0.1) is 11.3 Å². The molecule has 1 fully saturated rings. The lowest BCUT2D eigenvalue weighted by Gasteiger charge is -2.21. The van der Waals surface area contributed by atoms with Crippen LogP contribution in [0.5, 0.6) is 0 Å². The molecule has 23 heavy (non-hydrogen) atoms. The van der Waals surface area contributed by atoms with Gasteiger partial charge < -0.3 is 9.42 Å². The molecule has 1 aliphatic heterocycles. The molecule has 0 N–H and O–H groups in total. The molecule has 7 heteroatoms. The molecule has 0 saturated carbocycles. The number of amides is 1. The number of aromatic nitrogens is 3. The molecular weight excluding hydrogens is 312 g/mol. The minimum atomic E-state index is -0.121. The van der Waals surface area contributed by atoms with E-state index >= 15 is 0 Å². The van der Waals surface area contributed by atoms with Crippen LogP contribution in [0.4, 0.5) is 0 Å². The highest BCUT2D eigenvalue weighted by Gasteiger charge is 2.43. The van der Waals surface area contributed by atoms with Crippen molar-refractivity contribution in [2.75, 3.05) is 7.05 Å².